The van der Waals surface area contributed by atoms with Gasteiger partial charge < -0.3 is 16.0 Å². The van der Waals surface area contributed by atoms with Crippen molar-refractivity contribution in [3.8, 4) is 0 Å². The molecular formula is C21H27N7O3S. The zero-order valence-corrected chi connectivity index (χ0v) is 19.2. The smallest absolute Gasteiger partial charge is 0.330 e. The van der Waals surface area contributed by atoms with Gasteiger partial charge in [0.15, 0.2) is 0 Å². The van der Waals surface area contributed by atoms with Gasteiger partial charge in [0.05, 0.1) is 6.54 Å². The molecule has 0 fully saturated rings. The van der Waals surface area contributed by atoms with Crippen molar-refractivity contribution in [2.24, 2.45) is 0 Å². The maximum absolute atomic E-state index is 12.4. The Balaban J connectivity index is 1.69. The van der Waals surface area contributed by atoms with Gasteiger partial charge in [-0.05, 0) is 18.9 Å². The van der Waals surface area contributed by atoms with Gasteiger partial charge in [-0.25, -0.2) is 4.79 Å². The number of amides is 1. The van der Waals surface area contributed by atoms with Crippen molar-refractivity contribution < 1.29 is 4.79 Å². The summed E-state index contributed by atoms with van der Waals surface area (Å²) in [6, 6.07) is 7.88. The molecule has 170 valence electrons. The third kappa shape index (κ3) is 5.41. The van der Waals surface area contributed by atoms with Crippen LogP contribution < -0.4 is 27.2 Å². The molecule has 0 aliphatic heterocycles. The van der Waals surface area contributed by atoms with E-state index in [0.717, 1.165) is 35.3 Å². The topological polar surface area (TPSA) is 139 Å². The highest BCUT2D eigenvalue weighted by Gasteiger charge is 2.19. The zero-order chi connectivity index (χ0) is 23.3. The van der Waals surface area contributed by atoms with Crippen LogP contribution >= 0.6 is 11.3 Å². The molecule has 0 saturated carbocycles. The van der Waals surface area contributed by atoms with Gasteiger partial charge >= 0.3 is 5.69 Å². The van der Waals surface area contributed by atoms with Gasteiger partial charge in [-0.2, -0.15) is 0 Å². The fourth-order valence-corrected chi connectivity index (χ4v) is 3.95. The lowest BCUT2D eigenvalue weighted by Gasteiger charge is -2.20. The zero-order valence-electron chi connectivity index (χ0n) is 18.3. The highest BCUT2D eigenvalue weighted by Crippen LogP contribution is 2.19. The minimum atomic E-state index is -0.566. The van der Waals surface area contributed by atoms with Crippen molar-refractivity contribution in [1.29, 1.82) is 0 Å². The lowest BCUT2D eigenvalue weighted by atomic mass is 10.1. The van der Waals surface area contributed by atoms with Crippen molar-refractivity contribution in [2.45, 2.75) is 46.3 Å². The fourth-order valence-electron chi connectivity index (χ4n) is 3.14. The molecular weight excluding hydrogens is 430 g/mol. The molecule has 2 aromatic heterocycles. The van der Waals surface area contributed by atoms with Crippen molar-refractivity contribution in [3.63, 3.8) is 0 Å². The van der Waals surface area contributed by atoms with Crippen LogP contribution in [0.3, 0.4) is 0 Å². The number of nitrogens with two attached hydrogens (primary N) is 1. The van der Waals surface area contributed by atoms with Crippen LogP contribution in [0.5, 0.6) is 0 Å². The number of benzene rings is 1. The monoisotopic (exact) mass is 457 g/mol. The Morgan fingerprint density at radius 2 is 1.97 bits per heavy atom. The van der Waals surface area contributed by atoms with Crippen LogP contribution in [0.2, 0.25) is 0 Å². The van der Waals surface area contributed by atoms with Gasteiger partial charge in [0.2, 0.25) is 5.01 Å². The Morgan fingerprint density at radius 3 is 2.66 bits per heavy atom. The van der Waals surface area contributed by atoms with Gasteiger partial charge in [-0.3, -0.25) is 19.1 Å². The fraction of sp³-hybridized carbons (Fsp3) is 0.381. The normalized spacial score (nSPS) is 10.8. The molecule has 0 saturated heterocycles. The summed E-state index contributed by atoms with van der Waals surface area (Å²) in [5, 5.41) is 11.6. The number of aromatic nitrogens is 4. The second-order valence-corrected chi connectivity index (χ2v) is 8.59. The first kappa shape index (κ1) is 23.2. The third-order valence-electron chi connectivity index (χ3n) is 4.94. The van der Waals surface area contributed by atoms with Gasteiger partial charge in [-0.1, -0.05) is 54.5 Å². The number of rotatable bonds is 9. The number of carbonyl (C=O) groups excluding carboxylic acids is 1. The molecule has 0 unspecified atom stereocenters. The van der Waals surface area contributed by atoms with Gasteiger partial charge in [0.25, 0.3) is 11.5 Å². The third-order valence-corrected chi connectivity index (χ3v) is 5.85. The minimum absolute atomic E-state index is 0.107. The van der Waals surface area contributed by atoms with Gasteiger partial charge in [0, 0.05) is 20.1 Å². The molecule has 0 bridgehead atoms. The molecule has 0 atom stereocenters. The lowest BCUT2D eigenvalue weighted by Crippen LogP contribution is -2.37. The summed E-state index contributed by atoms with van der Waals surface area (Å²) >= 11 is 1.14. The Labute approximate surface area is 189 Å². The molecule has 11 heteroatoms. The van der Waals surface area contributed by atoms with Gasteiger partial charge in [-0.15, -0.1) is 10.2 Å². The highest BCUT2D eigenvalue weighted by atomic mass is 32.1. The van der Waals surface area contributed by atoms with Crippen LogP contribution in [0, 0.1) is 6.92 Å². The first-order valence-electron chi connectivity index (χ1n) is 10.3. The van der Waals surface area contributed by atoms with E-state index in [2.05, 4.69) is 20.5 Å². The average Bonchev–Trinajstić information content (AvgIpc) is 3.21. The summed E-state index contributed by atoms with van der Waals surface area (Å²) < 4.78 is 1.36. The maximum Gasteiger partial charge on any atom is 0.330 e. The number of anilines is 2. The largest absolute Gasteiger partial charge is 0.383 e. The van der Waals surface area contributed by atoms with Crippen molar-refractivity contribution in [2.75, 3.05) is 17.7 Å². The standard InChI is InChI=1S/C21H27N7O3S/c1-4-5-10-28-17(22)16(18(29)24-21(28)31)27(3)12-15-25-26-20(32-15)19(30)23-11-14-8-6-13(2)7-9-14/h6-9H,4-5,10-12,22H2,1-3H3,(H,23,30)(H,24,29,31). The molecule has 0 aliphatic carbocycles. The van der Waals surface area contributed by atoms with E-state index in [4.69, 9.17) is 5.73 Å². The van der Waals surface area contributed by atoms with Crippen molar-refractivity contribution >= 4 is 28.7 Å². The van der Waals surface area contributed by atoms with Crippen LogP contribution in [0.15, 0.2) is 33.9 Å². The molecule has 0 radical (unpaired) electrons. The van der Waals surface area contributed by atoms with E-state index in [-0.39, 0.29) is 29.0 Å². The minimum Gasteiger partial charge on any atom is -0.383 e. The maximum atomic E-state index is 12.4. The van der Waals surface area contributed by atoms with E-state index in [9.17, 15) is 14.4 Å². The van der Waals surface area contributed by atoms with E-state index in [0.29, 0.717) is 18.1 Å². The molecule has 0 aliphatic rings. The first-order chi connectivity index (χ1) is 15.3. The lowest BCUT2D eigenvalue weighted by molar-refractivity contribution is 0.0950. The number of carbonyl (C=O) groups is 1. The van der Waals surface area contributed by atoms with Crippen LogP contribution in [0.25, 0.3) is 0 Å². The highest BCUT2D eigenvalue weighted by molar-refractivity contribution is 7.13. The molecule has 3 rings (SSSR count). The summed E-state index contributed by atoms with van der Waals surface area (Å²) in [6.07, 6.45) is 1.65. The number of nitrogens with zero attached hydrogens (tertiary/aromatic N) is 4. The second-order valence-electron chi connectivity index (χ2n) is 7.52. The average molecular weight is 458 g/mol. The second kappa shape index (κ2) is 10.2. The van der Waals surface area contributed by atoms with Crippen molar-refractivity contribution in [3.05, 3.63) is 66.2 Å². The Kier molecular flexibility index (Phi) is 7.41. The summed E-state index contributed by atoms with van der Waals surface area (Å²) in [4.78, 5) is 40.8. The molecule has 3 aromatic rings. The van der Waals surface area contributed by atoms with E-state index < -0.39 is 11.2 Å². The van der Waals surface area contributed by atoms with Crippen LogP contribution in [-0.2, 0) is 19.6 Å². The number of nitrogens with one attached hydrogen (secondary N) is 2. The van der Waals surface area contributed by atoms with Crippen LogP contribution in [0.1, 0.15) is 45.7 Å². The predicted molar refractivity (Wildman–Crippen MR) is 125 cm³/mol. The van der Waals surface area contributed by atoms with Gasteiger partial charge in [0.1, 0.15) is 16.5 Å². The summed E-state index contributed by atoms with van der Waals surface area (Å²) in [7, 11) is 1.67. The molecule has 10 nitrogen and oxygen atoms in total. The van der Waals surface area contributed by atoms with Crippen LogP contribution in [-0.4, -0.2) is 32.7 Å². The number of unbranched alkanes of at least 4 members (excludes halogenated alkanes) is 1. The number of nitrogen functional groups attached to an aromatic ring is 1. The quantitative estimate of drug-likeness (QED) is 0.444. The SMILES string of the molecule is CCCCn1c(N)c(N(C)Cc2nnc(C(=O)NCc3ccc(C)cc3)s2)c(=O)[nH]c1=O. The summed E-state index contributed by atoms with van der Waals surface area (Å²) in [5.41, 5.74) is 7.37. The number of aryl methyl sites for hydroxylation is 1. The summed E-state index contributed by atoms with van der Waals surface area (Å²) in [5.74, 6) is -0.210. The van der Waals surface area contributed by atoms with E-state index in [1.165, 1.54) is 4.57 Å². The number of H-pyrrole nitrogens is 1. The Hall–Kier alpha value is -3.47. The number of hydrogen-bond donors (Lipinski definition) is 3. The Bertz CT molecular complexity index is 1200. The van der Waals surface area contributed by atoms with Crippen molar-refractivity contribution in [1.82, 2.24) is 25.1 Å². The van der Waals surface area contributed by atoms with Crippen LogP contribution in [0.4, 0.5) is 11.5 Å². The summed E-state index contributed by atoms with van der Waals surface area (Å²) in [6.45, 7) is 5.03. The molecule has 1 amide bonds. The molecule has 4 N–H and O–H groups in total. The van der Waals surface area contributed by atoms with E-state index >= 15 is 0 Å². The molecule has 32 heavy (non-hydrogen) atoms. The molecule has 2 heterocycles. The first-order valence-corrected chi connectivity index (χ1v) is 11.1. The number of aromatic amines is 1. The molecule has 0 spiro atoms. The molecule has 1 aromatic carbocycles. The predicted octanol–water partition coefficient (Wildman–Crippen LogP) is 1.65. The van der Waals surface area contributed by atoms with E-state index in [1.54, 1.807) is 11.9 Å². The Morgan fingerprint density at radius 1 is 1.25 bits per heavy atom. The number of hydrogen-bond acceptors (Lipinski definition) is 8. The van der Waals surface area contributed by atoms with E-state index in [1.807, 2.05) is 38.1 Å².